The predicted molar refractivity (Wildman–Crippen MR) is 78.6 cm³/mol. The van der Waals surface area contributed by atoms with Crippen LogP contribution in [0.2, 0.25) is 0 Å². The number of nitriles is 1. The van der Waals surface area contributed by atoms with Gasteiger partial charge in [-0.1, -0.05) is 24.3 Å². The van der Waals surface area contributed by atoms with Crippen LogP contribution in [-0.2, 0) is 11.4 Å². The summed E-state index contributed by atoms with van der Waals surface area (Å²) in [5.74, 6) is -0.356. The van der Waals surface area contributed by atoms with E-state index >= 15 is 0 Å². The van der Waals surface area contributed by atoms with Gasteiger partial charge in [0.25, 0.3) is 0 Å². The minimum atomic E-state index is -0.982. The number of benzene rings is 2. The third-order valence-electron chi connectivity index (χ3n) is 2.74. The number of carboxylic acids is 1. The Bertz CT molecular complexity index is 714. The average Bonchev–Trinajstić information content (AvgIpc) is 2.51. The van der Waals surface area contributed by atoms with Gasteiger partial charge in [-0.25, -0.2) is 4.79 Å². The van der Waals surface area contributed by atoms with Gasteiger partial charge in [0.2, 0.25) is 0 Å². The Morgan fingerprint density at radius 2 is 2.05 bits per heavy atom. The van der Waals surface area contributed by atoms with E-state index in [2.05, 4.69) is 6.07 Å². The van der Waals surface area contributed by atoms with Crippen molar-refractivity contribution in [2.45, 2.75) is 6.61 Å². The maximum atomic E-state index is 10.5. The standard InChI is InChI=1S/C17H13NO3/c18-11-14-4-2-6-16(10-14)21-12-15-5-1-3-13(9-15)7-8-17(19)20/h1-10H,12H2,(H,19,20). The van der Waals surface area contributed by atoms with Gasteiger partial charge in [0.05, 0.1) is 11.6 Å². The molecule has 0 saturated heterocycles. The Morgan fingerprint density at radius 3 is 2.81 bits per heavy atom. The summed E-state index contributed by atoms with van der Waals surface area (Å²) in [5, 5.41) is 17.4. The van der Waals surface area contributed by atoms with Crippen molar-refractivity contribution in [1.82, 2.24) is 0 Å². The molecule has 4 nitrogen and oxygen atoms in total. The fraction of sp³-hybridized carbons (Fsp3) is 0.0588. The van der Waals surface area contributed by atoms with Crippen molar-refractivity contribution in [2.24, 2.45) is 0 Å². The molecule has 0 aliphatic carbocycles. The molecule has 0 unspecified atom stereocenters. The number of hydrogen-bond donors (Lipinski definition) is 1. The molecule has 0 fully saturated rings. The first-order chi connectivity index (χ1) is 10.2. The van der Waals surface area contributed by atoms with Crippen LogP contribution in [0.5, 0.6) is 5.75 Å². The van der Waals surface area contributed by atoms with Crippen LogP contribution >= 0.6 is 0 Å². The van der Waals surface area contributed by atoms with Crippen molar-refractivity contribution >= 4 is 12.0 Å². The van der Waals surface area contributed by atoms with Crippen molar-refractivity contribution in [1.29, 1.82) is 5.26 Å². The summed E-state index contributed by atoms with van der Waals surface area (Å²) >= 11 is 0. The SMILES string of the molecule is N#Cc1cccc(OCc2cccc(C=CC(=O)O)c2)c1. The van der Waals surface area contributed by atoms with Crippen molar-refractivity contribution in [3.63, 3.8) is 0 Å². The first-order valence-corrected chi connectivity index (χ1v) is 6.30. The van der Waals surface area contributed by atoms with E-state index in [-0.39, 0.29) is 0 Å². The van der Waals surface area contributed by atoms with Gasteiger partial charge in [-0.3, -0.25) is 0 Å². The Kier molecular flexibility index (Phi) is 4.73. The largest absolute Gasteiger partial charge is 0.489 e. The first kappa shape index (κ1) is 14.4. The number of hydrogen-bond acceptors (Lipinski definition) is 3. The smallest absolute Gasteiger partial charge is 0.328 e. The highest BCUT2D eigenvalue weighted by molar-refractivity contribution is 5.85. The van der Waals surface area contributed by atoms with E-state index in [0.717, 1.165) is 17.2 Å². The second kappa shape index (κ2) is 6.92. The number of carbonyl (C=O) groups is 1. The van der Waals surface area contributed by atoms with Crippen molar-refractivity contribution in [3.05, 3.63) is 71.3 Å². The summed E-state index contributed by atoms with van der Waals surface area (Å²) in [4.78, 5) is 10.5. The van der Waals surface area contributed by atoms with Crippen LogP contribution in [0.4, 0.5) is 0 Å². The summed E-state index contributed by atoms with van der Waals surface area (Å²) in [5.41, 5.74) is 2.26. The number of carboxylic acid groups (broad SMARTS) is 1. The number of rotatable bonds is 5. The molecule has 1 N–H and O–H groups in total. The van der Waals surface area contributed by atoms with Crippen molar-refractivity contribution < 1.29 is 14.6 Å². The lowest BCUT2D eigenvalue weighted by molar-refractivity contribution is -0.131. The lowest BCUT2D eigenvalue weighted by Gasteiger charge is -2.07. The number of aliphatic carboxylic acids is 1. The van der Waals surface area contributed by atoms with Crippen molar-refractivity contribution in [2.75, 3.05) is 0 Å². The quantitative estimate of drug-likeness (QED) is 0.853. The first-order valence-electron chi connectivity index (χ1n) is 6.30. The van der Waals surface area contributed by atoms with E-state index in [1.165, 1.54) is 6.08 Å². The summed E-state index contributed by atoms with van der Waals surface area (Å²) in [6, 6.07) is 16.4. The van der Waals surface area contributed by atoms with E-state index in [1.54, 1.807) is 24.3 Å². The van der Waals surface area contributed by atoms with Crippen LogP contribution in [-0.4, -0.2) is 11.1 Å². The van der Waals surface area contributed by atoms with Crippen LogP contribution in [0.25, 0.3) is 6.08 Å². The topological polar surface area (TPSA) is 70.3 Å². The number of nitrogens with zero attached hydrogens (tertiary/aromatic N) is 1. The lowest BCUT2D eigenvalue weighted by atomic mass is 10.1. The predicted octanol–water partition coefficient (Wildman–Crippen LogP) is 3.24. The molecule has 0 bridgehead atoms. The van der Waals surface area contributed by atoms with Gasteiger partial charge < -0.3 is 9.84 Å². The Morgan fingerprint density at radius 1 is 1.24 bits per heavy atom. The summed E-state index contributed by atoms with van der Waals surface area (Å²) in [6.07, 6.45) is 2.62. The summed E-state index contributed by atoms with van der Waals surface area (Å²) in [7, 11) is 0. The van der Waals surface area contributed by atoms with Crippen LogP contribution in [0, 0.1) is 11.3 Å². The van der Waals surface area contributed by atoms with Gasteiger partial charge in [0.15, 0.2) is 0 Å². The van der Waals surface area contributed by atoms with E-state index in [9.17, 15) is 4.79 Å². The van der Waals surface area contributed by atoms with E-state index in [1.807, 2.05) is 24.3 Å². The molecule has 0 aliphatic heterocycles. The zero-order valence-electron chi connectivity index (χ0n) is 11.2. The van der Waals surface area contributed by atoms with E-state index in [4.69, 9.17) is 15.1 Å². The molecule has 0 radical (unpaired) electrons. The monoisotopic (exact) mass is 279 g/mol. The van der Waals surface area contributed by atoms with Crippen molar-refractivity contribution in [3.8, 4) is 11.8 Å². The zero-order valence-corrected chi connectivity index (χ0v) is 11.2. The average molecular weight is 279 g/mol. The molecule has 2 aromatic rings. The maximum absolute atomic E-state index is 10.5. The lowest BCUT2D eigenvalue weighted by Crippen LogP contribution is -1.96. The van der Waals surface area contributed by atoms with Crippen LogP contribution in [0.1, 0.15) is 16.7 Å². The second-order valence-electron chi connectivity index (χ2n) is 4.34. The minimum Gasteiger partial charge on any atom is -0.489 e. The van der Waals surface area contributed by atoms with Gasteiger partial charge in [-0.2, -0.15) is 5.26 Å². The highest BCUT2D eigenvalue weighted by Gasteiger charge is 1.99. The Hall–Kier alpha value is -3.06. The molecular weight excluding hydrogens is 266 g/mol. The molecule has 2 aromatic carbocycles. The number of ether oxygens (including phenoxy) is 1. The third-order valence-corrected chi connectivity index (χ3v) is 2.74. The normalized spacial score (nSPS) is 10.2. The summed E-state index contributed by atoms with van der Waals surface area (Å²) in [6.45, 7) is 0.351. The molecule has 21 heavy (non-hydrogen) atoms. The second-order valence-corrected chi connectivity index (χ2v) is 4.34. The van der Waals surface area contributed by atoms with Gasteiger partial charge in [0, 0.05) is 6.08 Å². The van der Waals surface area contributed by atoms with Gasteiger partial charge >= 0.3 is 5.97 Å². The van der Waals surface area contributed by atoms with E-state index < -0.39 is 5.97 Å². The molecule has 2 rings (SSSR count). The van der Waals surface area contributed by atoms with E-state index in [0.29, 0.717) is 17.9 Å². The van der Waals surface area contributed by atoms with Gasteiger partial charge in [-0.15, -0.1) is 0 Å². The highest BCUT2D eigenvalue weighted by Crippen LogP contribution is 2.15. The molecule has 0 atom stereocenters. The molecule has 4 heteroatoms. The van der Waals surface area contributed by atoms with Crippen LogP contribution < -0.4 is 4.74 Å². The Balaban J connectivity index is 2.04. The molecule has 0 spiro atoms. The fourth-order valence-corrected chi connectivity index (χ4v) is 1.78. The van der Waals surface area contributed by atoms with Gasteiger partial charge in [-0.05, 0) is 41.5 Å². The molecule has 0 aliphatic rings. The summed E-state index contributed by atoms with van der Waals surface area (Å²) < 4.78 is 5.62. The fourth-order valence-electron chi connectivity index (χ4n) is 1.78. The molecule has 0 heterocycles. The minimum absolute atomic E-state index is 0.351. The molecule has 0 saturated carbocycles. The van der Waals surface area contributed by atoms with Gasteiger partial charge in [0.1, 0.15) is 12.4 Å². The zero-order chi connectivity index (χ0) is 15.1. The Labute approximate surface area is 122 Å². The molecule has 0 aromatic heterocycles. The maximum Gasteiger partial charge on any atom is 0.328 e. The molecule has 0 amide bonds. The highest BCUT2D eigenvalue weighted by atomic mass is 16.5. The third kappa shape index (κ3) is 4.51. The molecular formula is C17H13NO3. The van der Waals surface area contributed by atoms with Crippen LogP contribution in [0.3, 0.4) is 0 Å². The molecule has 104 valence electrons. The van der Waals surface area contributed by atoms with Crippen LogP contribution in [0.15, 0.2) is 54.6 Å².